The molecule has 4 aromatic rings. The molecule has 0 aliphatic heterocycles. The Morgan fingerprint density at radius 2 is 1.85 bits per heavy atom. The van der Waals surface area contributed by atoms with Gasteiger partial charge in [-0.2, -0.15) is 14.6 Å². The van der Waals surface area contributed by atoms with E-state index in [0.717, 1.165) is 42.5 Å². The van der Waals surface area contributed by atoms with Crippen LogP contribution < -0.4 is 10.6 Å². The van der Waals surface area contributed by atoms with E-state index in [-0.39, 0.29) is 46.7 Å². The van der Waals surface area contributed by atoms with Gasteiger partial charge in [-0.3, -0.25) is 19.1 Å². The van der Waals surface area contributed by atoms with Crippen molar-refractivity contribution in [3.05, 3.63) is 53.6 Å². The van der Waals surface area contributed by atoms with Crippen LogP contribution >= 0.6 is 11.3 Å². The van der Waals surface area contributed by atoms with Gasteiger partial charge in [-0.05, 0) is 57.1 Å². The number of pyridine rings is 1. The molecular formula is C31H36F2N8O4S. The number of amides is 2. The van der Waals surface area contributed by atoms with Gasteiger partial charge < -0.3 is 15.4 Å². The Hall–Kier alpha value is -4.37. The lowest BCUT2D eigenvalue weighted by atomic mass is 9.93. The molecule has 0 spiro atoms. The van der Waals surface area contributed by atoms with Crippen LogP contribution in [0.3, 0.4) is 0 Å². The minimum Gasteiger partial charge on any atom is -0.379 e. The molecule has 0 radical (unpaired) electrons. The van der Waals surface area contributed by atoms with E-state index in [9.17, 15) is 23.2 Å². The fraction of sp³-hybridized carbons (Fsp3) is 0.452. The molecule has 1 atom stereocenters. The van der Waals surface area contributed by atoms with Crippen LogP contribution in [-0.2, 0) is 9.53 Å². The number of ether oxygens (including phenoxy) is 1. The quantitative estimate of drug-likeness (QED) is 0.202. The van der Waals surface area contributed by atoms with Crippen LogP contribution in [0.1, 0.15) is 81.1 Å². The van der Waals surface area contributed by atoms with E-state index in [0.29, 0.717) is 23.6 Å². The van der Waals surface area contributed by atoms with E-state index in [2.05, 4.69) is 30.8 Å². The largest absolute Gasteiger partial charge is 0.379 e. The highest BCUT2D eigenvalue weighted by atomic mass is 32.1. The van der Waals surface area contributed by atoms with E-state index >= 15 is 0 Å². The van der Waals surface area contributed by atoms with Crippen LogP contribution in [0, 0.1) is 17.7 Å². The maximum Gasteiger partial charge on any atom is 0.275 e. The van der Waals surface area contributed by atoms with Gasteiger partial charge in [0.1, 0.15) is 28.1 Å². The molecule has 2 amide bonds. The van der Waals surface area contributed by atoms with Gasteiger partial charge in [0.2, 0.25) is 11.9 Å². The van der Waals surface area contributed by atoms with Gasteiger partial charge in [-0.1, -0.05) is 13.8 Å². The van der Waals surface area contributed by atoms with E-state index in [1.807, 2.05) is 20.8 Å². The van der Waals surface area contributed by atoms with Crippen LogP contribution in [0.5, 0.6) is 0 Å². The van der Waals surface area contributed by atoms with Crippen LogP contribution in [0.4, 0.5) is 14.5 Å². The Balaban J connectivity index is 1.36. The monoisotopic (exact) mass is 654 g/mol. The molecule has 1 aliphatic carbocycles. The van der Waals surface area contributed by atoms with E-state index < -0.39 is 29.6 Å². The molecule has 0 aromatic carbocycles. The number of carbonyl (C=O) groups is 3. The van der Waals surface area contributed by atoms with Crippen molar-refractivity contribution in [3.63, 3.8) is 0 Å². The first-order valence-electron chi connectivity index (χ1n) is 15.2. The summed E-state index contributed by atoms with van der Waals surface area (Å²) in [5.74, 6) is -2.80. The Morgan fingerprint density at radius 1 is 1.09 bits per heavy atom. The van der Waals surface area contributed by atoms with Crippen molar-refractivity contribution >= 4 is 34.7 Å². The molecule has 1 saturated carbocycles. The number of halogens is 2. The van der Waals surface area contributed by atoms with Gasteiger partial charge in [0.15, 0.2) is 5.82 Å². The SMILES string of the molecule is CCOC1CCC(n2cc(NC(=O)c3csc(-c4cnn(C(=O)[C@H](CC(C)C)NC(C)=O)c4)n3)c(-c3nc(F)ccc3F)n2)CC1. The lowest BCUT2D eigenvalue weighted by molar-refractivity contribution is -0.119. The second-order valence-corrected chi connectivity index (χ2v) is 12.5. The van der Waals surface area contributed by atoms with Gasteiger partial charge in [0.25, 0.3) is 11.8 Å². The standard InChI is InChI=1S/C31H36F2N8O4S/c1-5-45-21-8-6-20(7-9-21)40-15-24(28(39-40)27-22(32)10-11-26(33)38-27)36-29(43)25-16-46-30(37-25)19-13-34-41(14-19)31(44)23(12-17(2)3)35-18(4)42/h10-11,13-17,20-21,23H,5-9,12H2,1-4H3,(H,35,42)(H,36,43)/t20?,21?,23-/m0/s1. The van der Waals surface area contributed by atoms with Crippen molar-refractivity contribution < 1.29 is 27.9 Å². The average Bonchev–Trinajstić information content (AvgIpc) is 3.78. The Morgan fingerprint density at radius 3 is 2.54 bits per heavy atom. The number of aromatic nitrogens is 6. The zero-order chi connectivity index (χ0) is 33.0. The molecule has 5 rings (SSSR count). The van der Waals surface area contributed by atoms with E-state index in [1.54, 1.807) is 16.3 Å². The fourth-order valence-corrected chi connectivity index (χ4v) is 6.27. The highest BCUT2D eigenvalue weighted by molar-refractivity contribution is 7.13. The zero-order valence-electron chi connectivity index (χ0n) is 26.0. The van der Waals surface area contributed by atoms with Crippen molar-refractivity contribution in [2.75, 3.05) is 11.9 Å². The summed E-state index contributed by atoms with van der Waals surface area (Å²) < 4.78 is 37.5. The smallest absolute Gasteiger partial charge is 0.275 e. The van der Waals surface area contributed by atoms with Crippen LogP contribution in [0.25, 0.3) is 22.0 Å². The molecule has 12 nitrogen and oxygen atoms in total. The number of hydrogen-bond donors (Lipinski definition) is 2. The van der Waals surface area contributed by atoms with Crippen LogP contribution in [0.15, 0.2) is 36.1 Å². The lowest BCUT2D eigenvalue weighted by Gasteiger charge is -2.28. The first kappa shape index (κ1) is 33.0. The fourth-order valence-electron chi connectivity index (χ4n) is 5.49. The average molecular weight is 655 g/mol. The summed E-state index contributed by atoms with van der Waals surface area (Å²) in [4.78, 5) is 46.3. The number of thiazole rings is 1. The van der Waals surface area contributed by atoms with E-state index in [4.69, 9.17) is 4.74 Å². The molecule has 2 N–H and O–H groups in total. The zero-order valence-corrected chi connectivity index (χ0v) is 26.8. The molecule has 0 saturated heterocycles. The van der Waals surface area contributed by atoms with Gasteiger partial charge in [0.05, 0.1) is 24.0 Å². The summed E-state index contributed by atoms with van der Waals surface area (Å²) in [5, 5.41) is 16.1. The summed E-state index contributed by atoms with van der Waals surface area (Å²) >= 11 is 1.17. The Bertz CT molecular complexity index is 1710. The predicted molar refractivity (Wildman–Crippen MR) is 167 cm³/mol. The Kier molecular flexibility index (Phi) is 10.3. The lowest BCUT2D eigenvalue weighted by Crippen LogP contribution is -2.43. The molecule has 46 heavy (non-hydrogen) atoms. The van der Waals surface area contributed by atoms with Crippen molar-refractivity contribution in [2.24, 2.45) is 5.92 Å². The highest BCUT2D eigenvalue weighted by Crippen LogP contribution is 2.34. The summed E-state index contributed by atoms with van der Waals surface area (Å²) in [5.41, 5.74) is 0.422. The molecule has 15 heteroatoms. The molecule has 244 valence electrons. The minimum absolute atomic E-state index is 0.00245. The topological polar surface area (TPSA) is 146 Å². The van der Waals surface area contributed by atoms with Crippen molar-refractivity contribution in [1.82, 2.24) is 34.8 Å². The van der Waals surface area contributed by atoms with Gasteiger partial charge in [-0.15, -0.1) is 11.3 Å². The van der Waals surface area contributed by atoms with Crippen molar-refractivity contribution in [2.45, 2.75) is 78.0 Å². The summed E-state index contributed by atoms with van der Waals surface area (Å²) in [6.45, 7) is 7.85. The summed E-state index contributed by atoms with van der Waals surface area (Å²) in [6.07, 6.45) is 8.38. The first-order valence-corrected chi connectivity index (χ1v) is 16.1. The van der Waals surface area contributed by atoms with Gasteiger partial charge >= 0.3 is 0 Å². The van der Waals surface area contributed by atoms with Crippen molar-refractivity contribution in [1.29, 1.82) is 0 Å². The second kappa shape index (κ2) is 14.4. The van der Waals surface area contributed by atoms with Gasteiger partial charge in [-0.25, -0.2) is 19.0 Å². The normalized spacial score (nSPS) is 17.2. The predicted octanol–water partition coefficient (Wildman–Crippen LogP) is 5.51. The van der Waals surface area contributed by atoms with Gasteiger partial charge in [0, 0.05) is 36.9 Å². The number of carbonyl (C=O) groups excluding carboxylic acids is 3. The maximum absolute atomic E-state index is 14.8. The third kappa shape index (κ3) is 7.70. The second-order valence-electron chi connectivity index (χ2n) is 11.6. The number of anilines is 1. The maximum atomic E-state index is 14.8. The highest BCUT2D eigenvalue weighted by Gasteiger charge is 2.28. The summed E-state index contributed by atoms with van der Waals surface area (Å²) in [7, 11) is 0. The number of hydrogen-bond acceptors (Lipinski definition) is 9. The number of nitrogens with zero attached hydrogens (tertiary/aromatic N) is 6. The molecular weight excluding hydrogens is 618 g/mol. The Labute approximate surface area is 268 Å². The number of rotatable bonds is 11. The molecule has 1 fully saturated rings. The molecule has 0 bridgehead atoms. The van der Waals surface area contributed by atoms with Crippen molar-refractivity contribution in [3.8, 4) is 22.0 Å². The molecule has 4 heterocycles. The minimum atomic E-state index is -0.878. The number of nitrogens with one attached hydrogen (secondary N) is 2. The third-order valence-electron chi connectivity index (χ3n) is 7.61. The molecule has 0 unspecified atom stereocenters. The third-order valence-corrected chi connectivity index (χ3v) is 8.50. The molecule has 4 aromatic heterocycles. The van der Waals surface area contributed by atoms with Crippen LogP contribution in [0.2, 0.25) is 0 Å². The molecule has 1 aliphatic rings. The van der Waals surface area contributed by atoms with E-state index in [1.165, 1.54) is 30.7 Å². The summed E-state index contributed by atoms with van der Waals surface area (Å²) in [6, 6.07) is 1.12. The van der Waals surface area contributed by atoms with Crippen LogP contribution in [-0.4, -0.2) is 66.0 Å². The first-order chi connectivity index (χ1) is 22.0.